The molecule has 1 amide bonds. The van der Waals surface area contributed by atoms with E-state index in [0.29, 0.717) is 18.8 Å². The van der Waals surface area contributed by atoms with Crippen LogP contribution >= 0.6 is 11.9 Å². The van der Waals surface area contributed by atoms with Gasteiger partial charge in [-0.25, -0.2) is 4.79 Å². The summed E-state index contributed by atoms with van der Waals surface area (Å²) < 4.78 is 6.99. The first-order valence-electron chi connectivity index (χ1n) is 9.12. The number of hydrogen-bond donors (Lipinski definition) is 3. The van der Waals surface area contributed by atoms with Gasteiger partial charge in [0.15, 0.2) is 12.0 Å². The van der Waals surface area contributed by atoms with Crippen LogP contribution in [0.5, 0.6) is 0 Å². The number of aromatic amines is 1. The van der Waals surface area contributed by atoms with Gasteiger partial charge in [0.05, 0.1) is 19.0 Å². The molecule has 0 saturated heterocycles. The smallest absolute Gasteiger partial charge is 0.411 e. The second-order valence-corrected chi connectivity index (χ2v) is 7.45. The predicted octanol–water partition coefficient (Wildman–Crippen LogP) is 3.54. The molecule has 29 heavy (non-hydrogen) atoms. The van der Waals surface area contributed by atoms with E-state index in [1.807, 2.05) is 54.6 Å². The highest BCUT2D eigenvalue weighted by molar-refractivity contribution is 7.97. The molecule has 0 bridgehead atoms. The van der Waals surface area contributed by atoms with Crippen molar-refractivity contribution >= 4 is 35.4 Å². The first kappa shape index (κ1) is 19.1. The number of H-pyrrole nitrogens is 1. The fourth-order valence-electron chi connectivity index (χ4n) is 2.84. The van der Waals surface area contributed by atoms with E-state index in [2.05, 4.69) is 30.1 Å². The molecule has 1 aromatic heterocycles. The van der Waals surface area contributed by atoms with Gasteiger partial charge in [0.25, 0.3) is 11.7 Å². The Morgan fingerprint density at radius 2 is 2.21 bits per heavy atom. The van der Waals surface area contributed by atoms with Crippen molar-refractivity contribution in [1.82, 2.24) is 19.4 Å². The minimum Gasteiger partial charge on any atom is -0.450 e. The van der Waals surface area contributed by atoms with Crippen LogP contribution in [-0.4, -0.2) is 39.6 Å². The van der Waals surface area contributed by atoms with E-state index in [1.54, 1.807) is 25.1 Å². The van der Waals surface area contributed by atoms with Crippen LogP contribution in [0, 0.1) is 6.92 Å². The number of ether oxygens (including phenoxy) is 1. The third-order valence-electron chi connectivity index (χ3n) is 4.10. The molecule has 149 valence electrons. The van der Waals surface area contributed by atoms with Crippen molar-refractivity contribution in [2.75, 3.05) is 23.8 Å². The molecule has 1 aromatic carbocycles. The van der Waals surface area contributed by atoms with Gasteiger partial charge in [0.2, 0.25) is 0 Å². The van der Waals surface area contributed by atoms with Gasteiger partial charge in [0.1, 0.15) is 6.54 Å². The molecule has 0 aliphatic carbocycles. The van der Waals surface area contributed by atoms with Gasteiger partial charge in [-0.2, -0.15) is 10.1 Å². The van der Waals surface area contributed by atoms with Crippen LogP contribution in [0.4, 0.5) is 16.3 Å². The van der Waals surface area contributed by atoms with Gasteiger partial charge in [-0.15, -0.1) is 0 Å². The average Bonchev–Trinajstić information content (AvgIpc) is 3.32. The fourth-order valence-corrected chi connectivity index (χ4v) is 3.70. The number of rotatable bonds is 6. The lowest BCUT2D eigenvalue weighted by Crippen LogP contribution is -2.42. The molecule has 2 aromatic rings. The first-order valence-corrected chi connectivity index (χ1v) is 9.90. The van der Waals surface area contributed by atoms with Crippen molar-refractivity contribution in [1.29, 1.82) is 0 Å². The summed E-state index contributed by atoms with van der Waals surface area (Å²) in [6.07, 6.45) is 5.27. The van der Waals surface area contributed by atoms with Crippen LogP contribution in [0.15, 0.2) is 64.6 Å². The van der Waals surface area contributed by atoms with Crippen LogP contribution in [0.3, 0.4) is 0 Å². The number of amides is 1. The Bertz CT molecular complexity index is 981. The number of aryl methyl sites for hydroxylation is 1. The Hall–Kier alpha value is -3.24. The molecule has 9 nitrogen and oxygen atoms in total. The van der Waals surface area contributed by atoms with Crippen molar-refractivity contribution in [3.8, 4) is 0 Å². The van der Waals surface area contributed by atoms with E-state index in [-0.39, 0.29) is 0 Å². The molecule has 1 radical (unpaired) electrons. The maximum Gasteiger partial charge on any atom is 0.411 e. The van der Waals surface area contributed by atoms with Crippen molar-refractivity contribution in [3.05, 3.63) is 60.4 Å². The summed E-state index contributed by atoms with van der Waals surface area (Å²) in [7, 11) is 0. The summed E-state index contributed by atoms with van der Waals surface area (Å²) in [5.74, 6) is 2.54. The minimum atomic E-state index is -0.456. The standard InChI is InChI=1S/C19H21N7O2S/c1-3-28-19(27)21-14-4-6-15(7-5-14)29-25-11-17-20-8-9-26(17)18(12-25)22-16-10-13(2)23-24-16/h4-10,12H,3,11H2,1-2H3,(H,21,27)(H2,22,23,24)/q+1. The normalized spacial score (nSPS) is 15.6. The van der Waals surface area contributed by atoms with Crippen LogP contribution in [0.1, 0.15) is 12.6 Å². The number of nitrogens with zero attached hydrogens (tertiary/aromatic N) is 4. The van der Waals surface area contributed by atoms with E-state index in [0.717, 1.165) is 28.1 Å². The number of aliphatic imine (C=N–C) groups is 1. The molecule has 10 heteroatoms. The molecule has 4 rings (SSSR count). The zero-order chi connectivity index (χ0) is 20.2. The molecule has 0 spiro atoms. The number of aromatic nitrogens is 2. The quantitative estimate of drug-likeness (QED) is 0.497. The maximum atomic E-state index is 11.5. The van der Waals surface area contributed by atoms with Crippen molar-refractivity contribution < 1.29 is 9.53 Å². The van der Waals surface area contributed by atoms with Gasteiger partial charge in [-0.1, -0.05) is 0 Å². The molecule has 2 aliphatic rings. The average molecular weight is 411 g/mol. The van der Waals surface area contributed by atoms with E-state index >= 15 is 0 Å². The van der Waals surface area contributed by atoms with Gasteiger partial charge in [-0.05, 0) is 55.0 Å². The highest BCUT2D eigenvalue weighted by Gasteiger charge is 2.37. The number of amidine groups is 1. The van der Waals surface area contributed by atoms with Gasteiger partial charge < -0.3 is 4.74 Å². The number of benzene rings is 1. The SMILES string of the molecule is CCOC(=O)Nc1ccc(SN2C=C(Nc3cc(C)[nH]n3)[N+]3C=CN=C3C2)cc1. The van der Waals surface area contributed by atoms with Crippen molar-refractivity contribution in [3.63, 3.8) is 0 Å². The van der Waals surface area contributed by atoms with Crippen molar-refractivity contribution in [2.45, 2.75) is 18.7 Å². The molecule has 3 N–H and O–H groups in total. The number of carbonyl (C=O) groups excluding carboxylic acids is 1. The molecular weight excluding hydrogens is 390 g/mol. The number of fused-ring (bicyclic) bond motifs is 1. The van der Waals surface area contributed by atoms with Crippen LogP contribution in [0.25, 0.3) is 0 Å². The van der Waals surface area contributed by atoms with Gasteiger partial charge >= 0.3 is 6.09 Å². The first-order chi connectivity index (χ1) is 14.1. The molecule has 3 heterocycles. The third-order valence-corrected chi connectivity index (χ3v) is 5.05. The Balaban J connectivity index is 1.45. The Labute approximate surface area is 172 Å². The van der Waals surface area contributed by atoms with Gasteiger partial charge in [-0.3, -0.25) is 20.0 Å². The largest absolute Gasteiger partial charge is 0.450 e. The van der Waals surface area contributed by atoms with Crippen LogP contribution < -0.4 is 15.5 Å². The van der Waals surface area contributed by atoms with Gasteiger partial charge in [0, 0.05) is 22.3 Å². The summed E-state index contributed by atoms with van der Waals surface area (Å²) in [4.78, 5) is 19.0. The number of hydrogen-bond acceptors (Lipinski definition) is 8. The van der Waals surface area contributed by atoms with Crippen LogP contribution in [-0.2, 0) is 4.74 Å². The maximum absolute atomic E-state index is 11.5. The minimum absolute atomic E-state index is 0.338. The predicted molar refractivity (Wildman–Crippen MR) is 113 cm³/mol. The topological polar surface area (TPSA) is 101 Å². The molecule has 2 aliphatic heterocycles. The summed E-state index contributed by atoms with van der Waals surface area (Å²) in [6.45, 7) is 4.72. The summed E-state index contributed by atoms with van der Waals surface area (Å²) in [6, 6.07) is 9.54. The molecule has 0 atom stereocenters. The summed E-state index contributed by atoms with van der Waals surface area (Å²) >= 11 is 1.58. The van der Waals surface area contributed by atoms with E-state index in [1.165, 1.54) is 0 Å². The third kappa shape index (κ3) is 4.61. The number of anilines is 2. The summed E-state index contributed by atoms with van der Waals surface area (Å²) in [5, 5.41) is 13.2. The van der Waals surface area contributed by atoms with E-state index < -0.39 is 6.09 Å². The molecule has 0 unspecified atom stereocenters. The highest BCUT2D eigenvalue weighted by atomic mass is 32.2. The summed E-state index contributed by atoms with van der Waals surface area (Å²) in [5.41, 5.74) is 1.67. The zero-order valence-electron chi connectivity index (χ0n) is 16.0. The fraction of sp³-hybridized carbons (Fsp3) is 0.211. The number of carbonyl (C=O) groups is 1. The second-order valence-electron chi connectivity index (χ2n) is 6.33. The van der Waals surface area contributed by atoms with Crippen LogP contribution in [0.2, 0.25) is 0 Å². The Morgan fingerprint density at radius 1 is 1.38 bits per heavy atom. The molecule has 0 saturated carbocycles. The zero-order valence-corrected chi connectivity index (χ0v) is 16.9. The highest BCUT2D eigenvalue weighted by Crippen LogP contribution is 2.29. The van der Waals surface area contributed by atoms with Crippen molar-refractivity contribution in [2.24, 2.45) is 4.99 Å². The molecular formula is C19H21N7O2S+. The second kappa shape index (κ2) is 8.41. The lowest BCUT2D eigenvalue weighted by Gasteiger charge is -2.24. The Morgan fingerprint density at radius 3 is 2.93 bits per heavy atom. The monoisotopic (exact) mass is 411 g/mol. The number of nitrogens with one attached hydrogen (secondary N) is 3. The van der Waals surface area contributed by atoms with E-state index in [9.17, 15) is 4.79 Å². The molecule has 0 fully saturated rings. The lowest BCUT2D eigenvalue weighted by atomic mass is 10.3. The lowest BCUT2D eigenvalue weighted by molar-refractivity contribution is 0.168. The van der Waals surface area contributed by atoms with E-state index in [4.69, 9.17) is 4.74 Å². The Kier molecular flexibility index (Phi) is 5.54.